The Labute approximate surface area is 143 Å². The number of nitrogens with zero attached hydrogens (tertiary/aromatic N) is 1. The SMILES string of the molecule is O=C(Nc1cccc2ccccc12)[I-]NC(=O)c1ccncc1. The molecule has 6 heteroatoms. The maximum absolute atomic E-state index is 12.1. The zero-order valence-electron chi connectivity index (χ0n) is 12.0. The van der Waals surface area contributed by atoms with Crippen molar-refractivity contribution in [3.8, 4) is 0 Å². The van der Waals surface area contributed by atoms with E-state index >= 15 is 0 Å². The molecule has 0 bridgehead atoms. The fraction of sp³-hybridized carbons (Fsp3) is 0. The van der Waals surface area contributed by atoms with Crippen LogP contribution in [0.3, 0.4) is 0 Å². The third-order valence-corrected chi connectivity index (χ3v) is 4.70. The van der Waals surface area contributed by atoms with E-state index in [0.29, 0.717) is 5.56 Å². The molecule has 0 saturated heterocycles. The second-order valence-electron chi connectivity index (χ2n) is 4.68. The molecule has 5 nitrogen and oxygen atoms in total. The molecule has 116 valence electrons. The predicted molar refractivity (Wildman–Crippen MR) is 84.7 cm³/mol. The van der Waals surface area contributed by atoms with Crippen molar-refractivity contribution in [2.24, 2.45) is 0 Å². The summed E-state index contributed by atoms with van der Waals surface area (Å²) in [5.74, 6) is -0.256. The number of pyridine rings is 1. The Kier molecular flexibility index (Phi) is 4.82. The third-order valence-electron chi connectivity index (χ3n) is 3.18. The fourth-order valence-corrected chi connectivity index (χ4v) is 3.33. The first-order valence-corrected chi connectivity index (χ1v) is 9.03. The second kappa shape index (κ2) is 7.19. The minimum atomic E-state index is -1.16. The Bertz CT molecular complexity index is 847. The summed E-state index contributed by atoms with van der Waals surface area (Å²) in [6.45, 7) is 0. The Morgan fingerprint density at radius 3 is 2.48 bits per heavy atom. The first-order chi connectivity index (χ1) is 11.2. The van der Waals surface area contributed by atoms with Gasteiger partial charge in [0.1, 0.15) is 0 Å². The molecule has 2 N–H and O–H groups in total. The van der Waals surface area contributed by atoms with Crippen LogP contribution in [0.1, 0.15) is 10.4 Å². The van der Waals surface area contributed by atoms with Crippen LogP contribution in [0.25, 0.3) is 10.8 Å². The molecule has 23 heavy (non-hydrogen) atoms. The molecule has 0 spiro atoms. The number of anilines is 1. The summed E-state index contributed by atoms with van der Waals surface area (Å²) in [7, 11) is 0. The minimum absolute atomic E-state index is 0.164. The van der Waals surface area contributed by atoms with Crippen molar-refractivity contribution in [2.75, 3.05) is 5.32 Å². The number of aromatic nitrogens is 1. The van der Waals surface area contributed by atoms with E-state index in [0.717, 1.165) is 16.5 Å². The fourth-order valence-electron chi connectivity index (χ4n) is 2.11. The Balaban J connectivity index is 1.64. The number of hydrogen-bond donors (Lipinski definition) is 2. The standard InChI is InChI=1S/C17H13IN3O2/c22-16(13-8-10-19-11-9-13)21-18-17(23)20-15-7-3-5-12-4-1-2-6-14(12)15/h1-11H,(H,20,23)(H,21,22)/q-1. The van der Waals surface area contributed by atoms with Gasteiger partial charge in [-0.25, -0.2) is 0 Å². The number of benzene rings is 2. The summed E-state index contributed by atoms with van der Waals surface area (Å²) in [5, 5.41) is 4.91. The molecule has 0 atom stereocenters. The number of nitrogens with one attached hydrogen (secondary N) is 2. The maximum atomic E-state index is 12.1. The molecule has 0 aliphatic carbocycles. The second-order valence-corrected chi connectivity index (χ2v) is 6.74. The van der Waals surface area contributed by atoms with E-state index < -0.39 is 21.5 Å². The van der Waals surface area contributed by atoms with Gasteiger partial charge in [0.15, 0.2) is 0 Å². The van der Waals surface area contributed by atoms with Gasteiger partial charge in [0, 0.05) is 0 Å². The van der Waals surface area contributed by atoms with Crippen LogP contribution in [0.4, 0.5) is 10.5 Å². The summed E-state index contributed by atoms with van der Waals surface area (Å²) in [5.41, 5.74) is 1.25. The number of rotatable bonds is 4. The van der Waals surface area contributed by atoms with Crippen molar-refractivity contribution in [1.82, 2.24) is 8.51 Å². The van der Waals surface area contributed by atoms with Crippen molar-refractivity contribution in [2.45, 2.75) is 0 Å². The molecule has 0 saturated carbocycles. The first kappa shape index (κ1) is 15.4. The van der Waals surface area contributed by atoms with Crippen molar-refractivity contribution >= 4 is 26.3 Å². The molecular formula is C17H13IN3O2-. The van der Waals surface area contributed by atoms with E-state index in [4.69, 9.17) is 0 Å². The van der Waals surface area contributed by atoms with Gasteiger partial charge in [-0.2, -0.15) is 0 Å². The van der Waals surface area contributed by atoms with E-state index in [2.05, 4.69) is 13.8 Å². The van der Waals surface area contributed by atoms with Gasteiger partial charge in [-0.05, 0) is 0 Å². The summed E-state index contributed by atoms with van der Waals surface area (Å²) in [6, 6.07) is 16.8. The van der Waals surface area contributed by atoms with E-state index in [1.807, 2.05) is 42.5 Å². The molecule has 2 amide bonds. The average Bonchev–Trinajstić information content (AvgIpc) is 2.61. The zero-order chi connectivity index (χ0) is 16.1. The van der Waals surface area contributed by atoms with Crippen molar-refractivity contribution in [1.29, 1.82) is 0 Å². The van der Waals surface area contributed by atoms with Crippen molar-refractivity contribution in [3.63, 3.8) is 0 Å². The number of carbonyl (C=O) groups excluding carboxylic acids is 2. The van der Waals surface area contributed by atoms with Crippen molar-refractivity contribution in [3.05, 3.63) is 72.6 Å². The third kappa shape index (κ3) is 3.84. The summed E-state index contributed by atoms with van der Waals surface area (Å²) in [6.07, 6.45) is 3.09. The van der Waals surface area contributed by atoms with Crippen LogP contribution < -0.4 is 30.3 Å². The molecule has 3 rings (SSSR count). The van der Waals surface area contributed by atoms with Gasteiger partial charge >= 0.3 is 144 Å². The molecule has 0 radical (unpaired) electrons. The van der Waals surface area contributed by atoms with E-state index in [1.54, 1.807) is 24.5 Å². The van der Waals surface area contributed by atoms with Crippen LogP contribution in [0.15, 0.2) is 67.0 Å². The number of hydrogen-bond acceptors (Lipinski definition) is 3. The van der Waals surface area contributed by atoms with Crippen LogP contribution in [-0.4, -0.2) is 14.8 Å². The Morgan fingerprint density at radius 1 is 0.913 bits per heavy atom. The molecule has 0 aliphatic rings. The number of amides is 2. The van der Waals surface area contributed by atoms with Crippen LogP contribution in [0.5, 0.6) is 0 Å². The van der Waals surface area contributed by atoms with Gasteiger partial charge in [-0.15, -0.1) is 0 Å². The molecule has 0 unspecified atom stereocenters. The van der Waals surface area contributed by atoms with Gasteiger partial charge in [0.25, 0.3) is 0 Å². The number of halogens is 1. The average molecular weight is 418 g/mol. The zero-order valence-corrected chi connectivity index (χ0v) is 14.2. The van der Waals surface area contributed by atoms with E-state index in [1.165, 1.54) is 0 Å². The summed E-state index contributed by atoms with van der Waals surface area (Å²) in [4.78, 5) is 27.9. The Hall–Kier alpha value is -2.48. The van der Waals surface area contributed by atoms with Crippen LogP contribution in [0, 0.1) is 0 Å². The Morgan fingerprint density at radius 2 is 1.65 bits per heavy atom. The van der Waals surface area contributed by atoms with E-state index in [-0.39, 0.29) is 9.82 Å². The van der Waals surface area contributed by atoms with Crippen LogP contribution in [-0.2, 0) is 0 Å². The monoisotopic (exact) mass is 418 g/mol. The van der Waals surface area contributed by atoms with Crippen molar-refractivity contribution < 1.29 is 31.1 Å². The van der Waals surface area contributed by atoms with Gasteiger partial charge in [0.05, 0.1) is 0 Å². The molecule has 1 heterocycles. The molecule has 0 fully saturated rings. The number of carbonyl (C=O) groups is 2. The molecule has 0 aliphatic heterocycles. The topological polar surface area (TPSA) is 71.1 Å². The van der Waals surface area contributed by atoms with E-state index in [9.17, 15) is 9.59 Å². The van der Waals surface area contributed by atoms with Gasteiger partial charge in [-0.3, -0.25) is 0 Å². The van der Waals surface area contributed by atoms with Crippen LogP contribution in [0.2, 0.25) is 0 Å². The first-order valence-electron chi connectivity index (χ1n) is 6.87. The molecular weight excluding hydrogens is 405 g/mol. The summed E-state index contributed by atoms with van der Waals surface area (Å²) < 4.78 is 2.53. The van der Waals surface area contributed by atoms with Gasteiger partial charge in [-0.1, -0.05) is 0 Å². The predicted octanol–water partition coefficient (Wildman–Crippen LogP) is 0.201. The van der Waals surface area contributed by atoms with Gasteiger partial charge < -0.3 is 0 Å². The molecule has 1 aromatic heterocycles. The normalized spacial score (nSPS) is 10.4. The molecule has 2 aromatic carbocycles. The summed E-state index contributed by atoms with van der Waals surface area (Å²) >= 11 is -1.16. The van der Waals surface area contributed by atoms with Crippen LogP contribution >= 0.6 is 0 Å². The molecule has 3 aromatic rings. The quantitative estimate of drug-likeness (QED) is 0.275. The van der Waals surface area contributed by atoms with Gasteiger partial charge in [0.2, 0.25) is 0 Å². The number of fused-ring (bicyclic) bond motifs is 1.